The predicted molar refractivity (Wildman–Crippen MR) is 134 cm³/mol. The van der Waals surface area contributed by atoms with E-state index in [9.17, 15) is 18.0 Å². The van der Waals surface area contributed by atoms with Crippen LogP contribution in [0.3, 0.4) is 0 Å². The van der Waals surface area contributed by atoms with Gasteiger partial charge in [0.15, 0.2) is 0 Å². The highest BCUT2D eigenvalue weighted by atomic mass is 19.4. The zero-order valence-electron chi connectivity index (χ0n) is 20.6. The molecule has 7 nitrogen and oxygen atoms in total. The summed E-state index contributed by atoms with van der Waals surface area (Å²) in [5, 5.41) is 5.29. The Balaban J connectivity index is 1.55. The van der Waals surface area contributed by atoms with Gasteiger partial charge in [0.1, 0.15) is 5.82 Å². The number of hydrogen-bond acceptors (Lipinski definition) is 5. The van der Waals surface area contributed by atoms with Gasteiger partial charge in [-0.2, -0.15) is 18.3 Å². The lowest BCUT2D eigenvalue weighted by Crippen LogP contribution is -2.36. The normalized spacial score (nSPS) is 15.5. The smallest absolute Gasteiger partial charge is 0.383 e. The van der Waals surface area contributed by atoms with Gasteiger partial charge in [0.2, 0.25) is 0 Å². The molecule has 37 heavy (non-hydrogen) atoms. The van der Waals surface area contributed by atoms with Crippen LogP contribution in [0.15, 0.2) is 48.8 Å². The lowest BCUT2D eigenvalue weighted by molar-refractivity contribution is -0.137. The number of rotatable bonds is 5. The summed E-state index contributed by atoms with van der Waals surface area (Å²) < 4.78 is 41.2. The number of pyridine rings is 2. The summed E-state index contributed by atoms with van der Waals surface area (Å²) in [6, 6.07) is 9.19. The number of nitrogens with zero attached hydrogens (tertiary/aromatic N) is 5. The molecule has 1 aliphatic rings. The number of aryl methyl sites for hydroxylation is 2. The summed E-state index contributed by atoms with van der Waals surface area (Å²) in [5.74, 6) is 0.199. The van der Waals surface area contributed by atoms with Gasteiger partial charge in [-0.1, -0.05) is 0 Å². The summed E-state index contributed by atoms with van der Waals surface area (Å²) in [6.07, 6.45) is 0.596. The number of halogens is 3. The minimum Gasteiger partial charge on any atom is -0.383 e. The van der Waals surface area contributed by atoms with Crippen molar-refractivity contribution in [3.05, 3.63) is 82.4 Å². The molecule has 1 unspecified atom stereocenters. The Hall–Kier alpha value is -3.95. The van der Waals surface area contributed by atoms with Gasteiger partial charge in [-0.15, -0.1) is 0 Å². The van der Waals surface area contributed by atoms with Gasteiger partial charge in [0.25, 0.3) is 5.91 Å². The number of carbonyl (C=O) groups excluding carboxylic acids is 1. The molecule has 0 aliphatic heterocycles. The van der Waals surface area contributed by atoms with Crippen molar-refractivity contribution in [2.24, 2.45) is 0 Å². The topological polar surface area (TPSA) is 89.9 Å². The van der Waals surface area contributed by atoms with E-state index in [0.717, 1.165) is 60.3 Å². The van der Waals surface area contributed by atoms with Crippen LogP contribution in [0.2, 0.25) is 0 Å². The highest BCUT2D eigenvalue weighted by Crippen LogP contribution is 2.37. The molecule has 0 spiro atoms. The Labute approximate surface area is 212 Å². The van der Waals surface area contributed by atoms with Crippen molar-refractivity contribution >= 4 is 22.6 Å². The van der Waals surface area contributed by atoms with Crippen molar-refractivity contribution in [2.75, 3.05) is 5.73 Å². The summed E-state index contributed by atoms with van der Waals surface area (Å²) in [7, 11) is 0. The molecule has 1 atom stereocenters. The minimum absolute atomic E-state index is 0.0649. The number of carbonyl (C=O) groups is 1. The summed E-state index contributed by atoms with van der Waals surface area (Å²) in [6.45, 7) is 4.66. The average Bonchev–Trinajstić information content (AvgIpc) is 3.31. The van der Waals surface area contributed by atoms with Crippen molar-refractivity contribution in [3.8, 4) is 0 Å². The second-order valence-corrected chi connectivity index (χ2v) is 9.34. The lowest BCUT2D eigenvalue weighted by atomic mass is 9.91. The molecule has 3 aromatic heterocycles. The maximum absolute atomic E-state index is 14.0. The van der Waals surface area contributed by atoms with Gasteiger partial charge in [0, 0.05) is 34.9 Å². The summed E-state index contributed by atoms with van der Waals surface area (Å²) in [4.78, 5) is 24.1. The Morgan fingerprint density at radius 3 is 2.70 bits per heavy atom. The molecule has 0 bridgehead atoms. The maximum Gasteiger partial charge on any atom is 0.417 e. The van der Waals surface area contributed by atoms with E-state index in [0.29, 0.717) is 22.6 Å². The number of aromatic nitrogens is 4. The Kier molecular flexibility index (Phi) is 6.35. The lowest BCUT2D eigenvalue weighted by Gasteiger charge is -2.34. The molecule has 1 aromatic carbocycles. The van der Waals surface area contributed by atoms with Crippen LogP contribution in [0.25, 0.3) is 10.9 Å². The Morgan fingerprint density at radius 1 is 1.19 bits per heavy atom. The van der Waals surface area contributed by atoms with Crippen LogP contribution in [0, 0.1) is 6.92 Å². The molecule has 5 rings (SSSR count). The zero-order chi connectivity index (χ0) is 26.3. The number of alkyl halides is 3. The van der Waals surface area contributed by atoms with E-state index < -0.39 is 11.7 Å². The molecule has 2 N–H and O–H groups in total. The molecular formula is C27H27F3N6O. The van der Waals surface area contributed by atoms with Gasteiger partial charge in [0.05, 0.1) is 35.6 Å². The Bertz CT molecular complexity index is 1460. The van der Waals surface area contributed by atoms with E-state index in [2.05, 4.69) is 15.1 Å². The van der Waals surface area contributed by atoms with Crippen molar-refractivity contribution in [3.63, 3.8) is 0 Å². The van der Waals surface area contributed by atoms with Crippen molar-refractivity contribution < 1.29 is 18.0 Å². The molecule has 192 valence electrons. The van der Waals surface area contributed by atoms with Gasteiger partial charge >= 0.3 is 6.18 Å². The molecular weight excluding hydrogens is 481 g/mol. The van der Waals surface area contributed by atoms with E-state index in [-0.39, 0.29) is 18.5 Å². The fraction of sp³-hybridized carbons (Fsp3) is 0.333. The zero-order valence-corrected chi connectivity index (χ0v) is 20.6. The molecule has 10 heteroatoms. The van der Waals surface area contributed by atoms with E-state index in [1.807, 2.05) is 24.6 Å². The van der Waals surface area contributed by atoms with Crippen LogP contribution in [0.4, 0.5) is 19.0 Å². The van der Waals surface area contributed by atoms with Crippen LogP contribution in [0.1, 0.15) is 64.2 Å². The van der Waals surface area contributed by atoms with Crippen molar-refractivity contribution in [1.29, 1.82) is 0 Å². The molecule has 0 saturated heterocycles. The third-order valence-corrected chi connectivity index (χ3v) is 6.94. The van der Waals surface area contributed by atoms with E-state index in [4.69, 9.17) is 5.73 Å². The van der Waals surface area contributed by atoms with Crippen LogP contribution >= 0.6 is 0 Å². The number of hydrogen-bond donors (Lipinski definition) is 1. The quantitative estimate of drug-likeness (QED) is 0.386. The Morgan fingerprint density at radius 2 is 2.00 bits per heavy atom. The second kappa shape index (κ2) is 9.49. The first-order chi connectivity index (χ1) is 17.7. The monoisotopic (exact) mass is 508 g/mol. The number of nitrogens with two attached hydrogens (primary N) is 1. The minimum atomic E-state index is -4.48. The van der Waals surface area contributed by atoms with Crippen LogP contribution in [0.5, 0.6) is 0 Å². The standard InChI is InChI=1S/C27H27F3N6O/c1-3-36-24-6-4-5-23(21(24)14-33-36)35(15-20-9-8-19(13-32-20)27(28,29)30)26(37)17-7-10-22-18(12-17)11-16(2)25(31)34-22/h7-14,23H,3-6,15H2,1-2H3,(H2,31,34). The number of anilines is 1. The number of benzene rings is 1. The third-order valence-electron chi connectivity index (χ3n) is 6.94. The van der Waals surface area contributed by atoms with Gasteiger partial charge in [-0.25, -0.2) is 4.98 Å². The second-order valence-electron chi connectivity index (χ2n) is 9.34. The molecule has 3 heterocycles. The largest absolute Gasteiger partial charge is 0.417 e. The fourth-order valence-corrected chi connectivity index (χ4v) is 4.97. The van der Waals surface area contributed by atoms with Gasteiger partial charge in [-0.05, 0) is 75.1 Å². The highest BCUT2D eigenvalue weighted by Gasteiger charge is 2.34. The molecule has 0 fully saturated rings. The molecule has 0 saturated carbocycles. The number of fused-ring (bicyclic) bond motifs is 2. The third kappa shape index (κ3) is 4.75. The molecule has 1 aliphatic carbocycles. The fourth-order valence-electron chi connectivity index (χ4n) is 4.97. The first-order valence-electron chi connectivity index (χ1n) is 12.2. The van der Waals surface area contributed by atoms with Crippen LogP contribution in [-0.2, 0) is 25.7 Å². The van der Waals surface area contributed by atoms with Gasteiger partial charge in [-0.3, -0.25) is 14.5 Å². The van der Waals surface area contributed by atoms with E-state index in [1.165, 1.54) is 6.07 Å². The van der Waals surface area contributed by atoms with E-state index >= 15 is 0 Å². The summed E-state index contributed by atoms with van der Waals surface area (Å²) in [5.41, 5.74) is 9.50. The predicted octanol–water partition coefficient (Wildman–Crippen LogP) is 5.48. The van der Waals surface area contributed by atoms with E-state index in [1.54, 1.807) is 29.3 Å². The first-order valence-corrected chi connectivity index (χ1v) is 12.2. The molecule has 4 aromatic rings. The van der Waals surface area contributed by atoms with Crippen LogP contribution < -0.4 is 5.73 Å². The summed E-state index contributed by atoms with van der Waals surface area (Å²) >= 11 is 0. The van der Waals surface area contributed by atoms with Gasteiger partial charge < -0.3 is 10.6 Å². The first kappa shape index (κ1) is 24.7. The maximum atomic E-state index is 14.0. The molecule has 0 radical (unpaired) electrons. The van der Waals surface area contributed by atoms with Crippen LogP contribution in [-0.4, -0.2) is 30.6 Å². The number of nitrogen functional groups attached to an aromatic ring is 1. The van der Waals surface area contributed by atoms with Crippen molar-refractivity contribution in [2.45, 2.75) is 58.4 Å². The average molecular weight is 509 g/mol. The van der Waals surface area contributed by atoms with Crippen molar-refractivity contribution in [1.82, 2.24) is 24.6 Å². The highest BCUT2D eigenvalue weighted by molar-refractivity contribution is 5.98. The number of amides is 1. The SMILES string of the molecule is CCn1ncc2c1CCCC2N(Cc1ccc(C(F)(F)F)cn1)C(=O)c1ccc2nc(N)c(C)cc2c1. The molecule has 1 amide bonds.